The molecule has 29 heavy (non-hydrogen) atoms. The summed E-state index contributed by atoms with van der Waals surface area (Å²) in [6.07, 6.45) is 0.974. The van der Waals surface area contributed by atoms with E-state index in [1.165, 1.54) is 32.4 Å². The minimum Gasteiger partial charge on any atom is -0.493 e. The van der Waals surface area contributed by atoms with Gasteiger partial charge in [0.2, 0.25) is 15.9 Å². The number of amides is 1. The largest absolute Gasteiger partial charge is 0.493 e. The standard InChI is InChI=1S/C21H28N2O5S/c1-5-15(2)22-21(24)18(13-16-9-7-6-8-10-16)23-29(25,26)17-11-12-19(27-3)20(14-17)28-4/h6-12,14-15,18,23H,5,13H2,1-4H3,(H,22,24). The van der Waals surface area contributed by atoms with Gasteiger partial charge in [0.05, 0.1) is 19.1 Å². The molecule has 0 fully saturated rings. The first-order valence-corrected chi connectivity index (χ1v) is 10.9. The highest BCUT2D eigenvalue weighted by atomic mass is 32.2. The van der Waals surface area contributed by atoms with Gasteiger partial charge in [0, 0.05) is 12.1 Å². The maximum absolute atomic E-state index is 13.0. The van der Waals surface area contributed by atoms with Crippen molar-refractivity contribution in [1.29, 1.82) is 0 Å². The molecule has 2 atom stereocenters. The zero-order valence-electron chi connectivity index (χ0n) is 17.1. The van der Waals surface area contributed by atoms with Gasteiger partial charge in [-0.2, -0.15) is 4.72 Å². The number of carbonyl (C=O) groups excluding carboxylic acids is 1. The molecule has 0 radical (unpaired) electrons. The van der Waals surface area contributed by atoms with Crippen molar-refractivity contribution in [2.24, 2.45) is 0 Å². The van der Waals surface area contributed by atoms with Gasteiger partial charge >= 0.3 is 0 Å². The maximum atomic E-state index is 13.0. The zero-order chi connectivity index (χ0) is 21.4. The fourth-order valence-electron chi connectivity index (χ4n) is 2.72. The van der Waals surface area contributed by atoms with Crippen LogP contribution in [-0.2, 0) is 21.2 Å². The van der Waals surface area contributed by atoms with Gasteiger partial charge in [-0.3, -0.25) is 4.79 Å². The van der Waals surface area contributed by atoms with Gasteiger partial charge in [0.1, 0.15) is 6.04 Å². The molecule has 0 spiro atoms. The van der Waals surface area contributed by atoms with Crippen molar-refractivity contribution < 1.29 is 22.7 Å². The Hall–Kier alpha value is -2.58. The van der Waals surface area contributed by atoms with Crippen LogP contribution in [0.25, 0.3) is 0 Å². The summed E-state index contributed by atoms with van der Waals surface area (Å²) in [5.74, 6) is 0.341. The first kappa shape index (κ1) is 22.7. The van der Waals surface area contributed by atoms with Crippen LogP contribution in [0.15, 0.2) is 53.4 Å². The molecule has 0 heterocycles. The van der Waals surface area contributed by atoms with E-state index in [1.54, 1.807) is 0 Å². The Morgan fingerprint density at radius 1 is 1.03 bits per heavy atom. The van der Waals surface area contributed by atoms with E-state index in [1.807, 2.05) is 44.2 Å². The van der Waals surface area contributed by atoms with Crippen molar-refractivity contribution in [2.45, 2.75) is 43.7 Å². The second-order valence-corrected chi connectivity index (χ2v) is 8.41. The predicted octanol–water partition coefficient (Wildman–Crippen LogP) is 2.51. The van der Waals surface area contributed by atoms with Gasteiger partial charge in [-0.05, 0) is 37.5 Å². The van der Waals surface area contributed by atoms with E-state index in [-0.39, 0.29) is 23.3 Å². The van der Waals surface area contributed by atoms with E-state index in [9.17, 15) is 13.2 Å². The second-order valence-electron chi connectivity index (χ2n) is 6.70. The first-order valence-electron chi connectivity index (χ1n) is 9.39. The molecule has 0 saturated carbocycles. The summed E-state index contributed by atoms with van der Waals surface area (Å²) < 4.78 is 38.8. The molecule has 0 aliphatic carbocycles. The van der Waals surface area contributed by atoms with Crippen molar-refractivity contribution in [1.82, 2.24) is 10.0 Å². The van der Waals surface area contributed by atoms with Gasteiger partial charge in [-0.25, -0.2) is 8.42 Å². The van der Waals surface area contributed by atoms with Gasteiger partial charge < -0.3 is 14.8 Å². The van der Waals surface area contributed by atoms with Crippen molar-refractivity contribution in [3.63, 3.8) is 0 Å². The lowest BCUT2D eigenvalue weighted by atomic mass is 10.1. The van der Waals surface area contributed by atoms with Crippen molar-refractivity contribution in [2.75, 3.05) is 14.2 Å². The molecule has 0 aromatic heterocycles. The highest BCUT2D eigenvalue weighted by Crippen LogP contribution is 2.29. The molecular formula is C21H28N2O5S. The van der Waals surface area contributed by atoms with Gasteiger partial charge in [0.15, 0.2) is 11.5 Å². The van der Waals surface area contributed by atoms with Crippen LogP contribution in [0.5, 0.6) is 11.5 Å². The molecular weight excluding hydrogens is 392 g/mol. The van der Waals surface area contributed by atoms with Crippen molar-refractivity contribution in [3.05, 3.63) is 54.1 Å². The second kappa shape index (κ2) is 10.3. The van der Waals surface area contributed by atoms with E-state index in [0.29, 0.717) is 11.5 Å². The Balaban J connectivity index is 2.31. The highest BCUT2D eigenvalue weighted by Gasteiger charge is 2.27. The number of ether oxygens (including phenoxy) is 2. The summed E-state index contributed by atoms with van der Waals surface area (Å²) in [5.41, 5.74) is 0.854. The summed E-state index contributed by atoms with van der Waals surface area (Å²) in [6.45, 7) is 3.82. The number of rotatable bonds is 10. The minimum atomic E-state index is -3.97. The molecule has 0 aliphatic heterocycles. The molecule has 7 nitrogen and oxygen atoms in total. The molecule has 2 aromatic carbocycles. The molecule has 2 unspecified atom stereocenters. The molecule has 1 amide bonds. The molecule has 0 aliphatic rings. The fraction of sp³-hybridized carbons (Fsp3) is 0.381. The first-order chi connectivity index (χ1) is 13.8. The van der Waals surface area contributed by atoms with Crippen LogP contribution in [0.4, 0.5) is 0 Å². The Morgan fingerprint density at radius 2 is 1.69 bits per heavy atom. The van der Waals surface area contributed by atoms with E-state index < -0.39 is 16.1 Å². The third-order valence-electron chi connectivity index (χ3n) is 4.56. The molecule has 2 N–H and O–H groups in total. The van der Waals surface area contributed by atoms with E-state index in [0.717, 1.165) is 12.0 Å². The van der Waals surface area contributed by atoms with Crippen LogP contribution in [-0.4, -0.2) is 40.6 Å². The molecule has 158 valence electrons. The third-order valence-corrected chi connectivity index (χ3v) is 6.03. The molecule has 0 bridgehead atoms. The van der Waals surface area contributed by atoms with Crippen LogP contribution in [0, 0.1) is 0 Å². The van der Waals surface area contributed by atoms with Gasteiger partial charge in [-0.1, -0.05) is 37.3 Å². The smallest absolute Gasteiger partial charge is 0.241 e. The fourth-order valence-corrected chi connectivity index (χ4v) is 3.93. The minimum absolute atomic E-state index is 0.00967. The summed E-state index contributed by atoms with van der Waals surface area (Å²) in [5, 5.41) is 2.85. The number of methoxy groups -OCH3 is 2. The number of benzene rings is 2. The monoisotopic (exact) mass is 420 g/mol. The van der Waals surface area contributed by atoms with Crippen LogP contribution < -0.4 is 19.5 Å². The Bertz CT molecular complexity index is 916. The van der Waals surface area contributed by atoms with Gasteiger partial charge in [-0.15, -0.1) is 0 Å². The highest BCUT2D eigenvalue weighted by molar-refractivity contribution is 7.89. The third kappa shape index (κ3) is 6.20. The number of nitrogens with one attached hydrogen (secondary N) is 2. The van der Waals surface area contributed by atoms with Gasteiger partial charge in [0.25, 0.3) is 0 Å². The zero-order valence-corrected chi connectivity index (χ0v) is 18.0. The molecule has 8 heteroatoms. The average molecular weight is 421 g/mol. The molecule has 0 saturated heterocycles. The number of hydrogen-bond acceptors (Lipinski definition) is 5. The lowest BCUT2D eigenvalue weighted by Gasteiger charge is -2.21. The van der Waals surface area contributed by atoms with Crippen LogP contribution >= 0.6 is 0 Å². The summed E-state index contributed by atoms with van der Waals surface area (Å²) in [4.78, 5) is 12.8. The number of sulfonamides is 1. The number of hydrogen-bond donors (Lipinski definition) is 2. The van der Waals surface area contributed by atoms with Crippen molar-refractivity contribution >= 4 is 15.9 Å². The Kier molecular flexibility index (Phi) is 8.04. The van der Waals surface area contributed by atoms with Crippen LogP contribution in [0.2, 0.25) is 0 Å². The van der Waals surface area contributed by atoms with Crippen LogP contribution in [0.1, 0.15) is 25.8 Å². The van der Waals surface area contributed by atoms with Crippen molar-refractivity contribution in [3.8, 4) is 11.5 Å². The maximum Gasteiger partial charge on any atom is 0.241 e. The predicted molar refractivity (Wildman–Crippen MR) is 112 cm³/mol. The lowest BCUT2D eigenvalue weighted by Crippen LogP contribution is -2.50. The number of carbonyl (C=O) groups is 1. The topological polar surface area (TPSA) is 93.7 Å². The molecule has 2 rings (SSSR count). The average Bonchev–Trinajstić information content (AvgIpc) is 2.73. The van der Waals surface area contributed by atoms with E-state index >= 15 is 0 Å². The molecule has 2 aromatic rings. The van der Waals surface area contributed by atoms with E-state index in [4.69, 9.17) is 9.47 Å². The normalized spacial score (nSPS) is 13.4. The Labute approximate surface area is 172 Å². The summed E-state index contributed by atoms with van der Waals surface area (Å²) in [7, 11) is -1.07. The SMILES string of the molecule is CCC(C)NC(=O)C(Cc1ccccc1)NS(=O)(=O)c1ccc(OC)c(OC)c1. The Morgan fingerprint density at radius 3 is 2.28 bits per heavy atom. The summed E-state index contributed by atoms with van der Waals surface area (Å²) >= 11 is 0. The summed E-state index contributed by atoms with van der Waals surface area (Å²) in [6, 6.07) is 12.6. The lowest BCUT2D eigenvalue weighted by molar-refractivity contribution is -0.123. The van der Waals surface area contributed by atoms with Crippen LogP contribution in [0.3, 0.4) is 0 Å². The quantitative estimate of drug-likeness (QED) is 0.616. The van der Waals surface area contributed by atoms with E-state index in [2.05, 4.69) is 10.0 Å².